The lowest BCUT2D eigenvalue weighted by Crippen LogP contribution is -2.51. The first-order chi connectivity index (χ1) is 16.5. The number of Topliss-reactive ketones (excluding diaryl/α,β-unsaturated/α-hetero) is 1. The van der Waals surface area contributed by atoms with Gasteiger partial charge in [0.1, 0.15) is 6.07 Å². The van der Waals surface area contributed by atoms with Crippen LogP contribution in [-0.2, 0) is 11.3 Å². The predicted molar refractivity (Wildman–Crippen MR) is 128 cm³/mol. The molecule has 0 spiro atoms. The number of aromatic nitrogens is 4. The van der Waals surface area contributed by atoms with E-state index in [4.69, 9.17) is 10.4 Å². The second kappa shape index (κ2) is 8.36. The predicted octanol–water partition coefficient (Wildman–Crippen LogP) is 5.28. The van der Waals surface area contributed by atoms with Crippen LogP contribution in [0.1, 0.15) is 76.8 Å². The van der Waals surface area contributed by atoms with Crippen molar-refractivity contribution in [2.24, 2.45) is 46.8 Å². The van der Waals surface area contributed by atoms with Crippen molar-refractivity contribution in [3.63, 3.8) is 0 Å². The van der Waals surface area contributed by atoms with Gasteiger partial charge in [-0.05, 0) is 98.4 Å². The number of carbonyl (C=O) groups excluding carboxylic acids is 1. The first kappa shape index (κ1) is 22.1. The molecule has 0 aromatic carbocycles. The zero-order valence-electron chi connectivity index (χ0n) is 20.5. The van der Waals surface area contributed by atoms with Crippen LogP contribution in [0.5, 0.6) is 0 Å². The van der Waals surface area contributed by atoms with E-state index in [1.807, 2.05) is 6.20 Å². The zero-order valence-corrected chi connectivity index (χ0v) is 20.5. The van der Waals surface area contributed by atoms with E-state index in [9.17, 15) is 4.79 Å². The Kier molecular flexibility index (Phi) is 5.43. The van der Waals surface area contributed by atoms with Gasteiger partial charge in [0.05, 0.1) is 24.3 Å². The highest BCUT2D eigenvalue weighted by atomic mass is 16.1. The summed E-state index contributed by atoms with van der Waals surface area (Å²) in [6, 6.07) is 4.73. The van der Waals surface area contributed by atoms with E-state index >= 15 is 0 Å². The molecular weight excluding hydrogens is 422 g/mol. The highest BCUT2D eigenvalue weighted by Crippen LogP contribution is 2.65. The summed E-state index contributed by atoms with van der Waals surface area (Å²) in [5, 5.41) is 18.0. The second-order valence-electron chi connectivity index (χ2n) is 12.2. The molecule has 0 radical (unpaired) electrons. The van der Waals surface area contributed by atoms with E-state index in [-0.39, 0.29) is 11.3 Å². The van der Waals surface area contributed by atoms with E-state index in [2.05, 4.69) is 42.0 Å². The smallest absolute Gasteiger partial charge is 0.157 e. The van der Waals surface area contributed by atoms with Crippen molar-refractivity contribution in [3.05, 3.63) is 36.4 Å². The molecule has 4 aliphatic rings. The maximum absolute atomic E-state index is 13.4. The average molecular weight is 460 g/mol. The van der Waals surface area contributed by atoms with Crippen LogP contribution in [0.15, 0.2) is 30.9 Å². The van der Waals surface area contributed by atoms with Crippen LogP contribution in [-0.4, -0.2) is 25.3 Å². The Morgan fingerprint density at radius 3 is 2.82 bits per heavy atom. The molecule has 0 aliphatic heterocycles. The van der Waals surface area contributed by atoms with Gasteiger partial charge in [-0.2, -0.15) is 15.5 Å². The Hall–Kier alpha value is -2.42. The first-order valence-corrected chi connectivity index (χ1v) is 13.4. The standard InChI is InChI=1S/C28H37N5O/c1-18-12-20-4-5-21-22(27(20)25(13-18)33-11-3-10-30-33)8-9-28(2)23(21)6-7-24(28)26(34)17-32-16-19(14-29)15-31-32/h3,10-11,15-16,18,20-25,27H,4-9,12-13,17H2,1-2H3. The van der Waals surface area contributed by atoms with Crippen molar-refractivity contribution in [2.75, 3.05) is 0 Å². The Labute approximate surface area is 202 Å². The van der Waals surface area contributed by atoms with Crippen LogP contribution in [0.25, 0.3) is 0 Å². The topological polar surface area (TPSA) is 76.5 Å². The minimum Gasteiger partial charge on any atom is -0.297 e. The summed E-state index contributed by atoms with van der Waals surface area (Å²) in [4.78, 5) is 13.4. The summed E-state index contributed by atoms with van der Waals surface area (Å²) in [5.41, 5.74) is 0.633. The number of rotatable bonds is 4. The Bertz CT molecular complexity index is 1080. The van der Waals surface area contributed by atoms with Crippen molar-refractivity contribution < 1.29 is 4.79 Å². The monoisotopic (exact) mass is 459 g/mol. The molecule has 6 heteroatoms. The van der Waals surface area contributed by atoms with Gasteiger partial charge in [0, 0.05) is 24.5 Å². The largest absolute Gasteiger partial charge is 0.297 e. The summed E-state index contributed by atoms with van der Waals surface area (Å²) in [7, 11) is 0. The quantitative estimate of drug-likeness (QED) is 0.623. The molecule has 4 saturated carbocycles. The summed E-state index contributed by atoms with van der Waals surface area (Å²) in [6.45, 7) is 5.16. The van der Waals surface area contributed by atoms with E-state index < -0.39 is 0 Å². The summed E-state index contributed by atoms with van der Waals surface area (Å²) >= 11 is 0. The Balaban J connectivity index is 1.23. The molecule has 2 aromatic heterocycles. The van der Waals surface area contributed by atoms with Crippen molar-refractivity contribution >= 4 is 5.78 Å². The third kappa shape index (κ3) is 3.46. The minimum atomic E-state index is 0.111. The molecule has 0 saturated heterocycles. The maximum atomic E-state index is 13.4. The van der Waals surface area contributed by atoms with Gasteiger partial charge in [-0.25, -0.2) is 0 Å². The third-order valence-corrected chi connectivity index (χ3v) is 10.5. The molecule has 2 aromatic rings. The number of ketones is 1. The van der Waals surface area contributed by atoms with Gasteiger partial charge in [-0.3, -0.25) is 14.2 Å². The SMILES string of the molecule is CC1CC2CCC3C(CCC4(C)C(C(=O)Cn5cc(C#N)cn5)CCC34)C2C(n2cccn2)C1. The van der Waals surface area contributed by atoms with Crippen LogP contribution < -0.4 is 0 Å². The molecule has 6 nitrogen and oxygen atoms in total. The van der Waals surface area contributed by atoms with E-state index in [1.54, 1.807) is 17.1 Å². The number of nitriles is 1. The fourth-order valence-electron chi connectivity index (χ4n) is 9.28. The average Bonchev–Trinajstić information content (AvgIpc) is 3.57. The lowest BCUT2D eigenvalue weighted by Gasteiger charge is -2.57. The van der Waals surface area contributed by atoms with Crippen LogP contribution in [0.3, 0.4) is 0 Å². The Morgan fingerprint density at radius 1 is 1.18 bits per heavy atom. The molecule has 0 amide bonds. The van der Waals surface area contributed by atoms with Gasteiger partial charge in [-0.15, -0.1) is 0 Å². The number of fused-ring (bicyclic) bond motifs is 5. The molecule has 6 rings (SSSR count). The maximum Gasteiger partial charge on any atom is 0.157 e. The molecule has 9 unspecified atom stereocenters. The number of hydrogen-bond acceptors (Lipinski definition) is 4. The highest BCUT2D eigenvalue weighted by molar-refractivity contribution is 5.82. The lowest BCUT2D eigenvalue weighted by atomic mass is 9.48. The molecule has 2 heterocycles. The van der Waals surface area contributed by atoms with Gasteiger partial charge in [0.2, 0.25) is 0 Å². The van der Waals surface area contributed by atoms with Gasteiger partial charge in [0.15, 0.2) is 5.78 Å². The molecule has 34 heavy (non-hydrogen) atoms. The summed E-state index contributed by atoms with van der Waals surface area (Å²) in [5.74, 6) is 4.96. The van der Waals surface area contributed by atoms with Crippen LogP contribution in [0.2, 0.25) is 0 Å². The minimum absolute atomic E-state index is 0.111. The molecule has 9 atom stereocenters. The van der Waals surface area contributed by atoms with Crippen LogP contribution in [0, 0.1) is 58.2 Å². The van der Waals surface area contributed by atoms with Crippen LogP contribution >= 0.6 is 0 Å². The lowest BCUT2D eigenvalue weighted by molar-refractivity contribution is -0.132. The molecular formula is C28H37N5O. The summed E-state index contributed by atoms with van der Waals surface area (Å²) in [6.07, 6.45) is 17.3. The number of nitrogens with zero attached hydrogens (tertiary/aromatic N) is 5. The van der Waals surface area contributed by atoms with Gasteiger partial charge >= 0.3 is 0 Å². The normalized spacial score (nSPS) is 41.2. The van der Waals surface area contributed by atoms with E-state index in [0.717, 1.165) is 36.0 Å². The van der Waals surface area contributed by atoms with Crippen molar-refractivity contribution in [1.82, 2.24) is 19.6 Å². The van der Waals surface area contributed by atoms with Gasteiger partial charge in [0.25, 0.3) is 0 Å². The fourth-order valence-corrected chi connectivity index (χ4v) is 9.28. The van der Waals surface area contributed by atoms with Crippen molar-refractivity contribution in [2.45, 2.75) is 77.8 Å². The number of hydrogen-bond donors (Lipinski definition) is 0. The summed E-state index contributed by atoms with van der Waals surface area (Å²) < 4.78 is 3.94. The van der Waals surface area contributed by atoms with Crippen molar-refractivity contribution in [1.29, 1.82) is 5.26 Å². The zero-order chi connectivity index (χ0) is 23.4. The molecule has 4 fully saturated rings. The van der Waals surface area contributed by atoms with Gasteiger partial charge < -0.3 is 0 Å². The number of carbonyl (C=O) groups is 1. The first-order valence-electron chi connectivity index (χ1n) is 13.4. The van der Waals surface area contributed by atoms with E-state index in [0.29, 0.717) is 29.9 Å². The molecule has 4 aliphatic carbocycles. The molecule has 0 N–H and O–H groups in total. The van der Waals surface area contributed by atoms with Crippen molar-refractivity contribution in [3.8, 4) is 6.07 Å². The molecule has 180 valence electrons. The highest BCUT2D eigenvalue weighted by Gasteiger charge is 2.59. The Morgan fingerprint density at radius 2 is 2.06 bits per heavy atom. The third-order valence-electron chi connectivity index (χ3n) is 10.5. The molecule has 0 bridgehead atoms. The van der Waals surface area contributed by atoms with Gasteiger partial charge in [-0.1, -0.05) is 13.8 Å². The van der Waals surface area contributed by atoms with Crippen LogP contribution in [0.4, 0.5) is 0 Å². The fraction of sp³-hybridized carbons (Fsp3) is 0.714. The second-order valence-corrected chi connectivity index (χ2v) is 12.2. The van der Waals surface area contributed by atoms with E-state index in [1.165, 1.54) is 44.9 Å².